The molecule has 168 valence electrons. The van der Waals surface area contributed by atoms with E-state index >= 15 is 0 Å². The van der Waals surface area contributed by atoms with E-state index in [0.717, 1.165) is 26.6 Å². The summed E-state index contributed by atoms with van der Waals surface area (Å²) in [4.78, 5) is 13.2. The van der Waals surface area contributed by atoms with E-state index in [1.807, 2.05) is 39.8 Å². The van der Waals surface area contributed by atoms with E-state index in [-0.39, 0.29) is 11.4 Å². The highest BCUT2D eigenvalue weighted by Gasteiger charge is 2.29. The normalized spacial score (nSPS) is 11.3. The highest BCUT2D eigenvalue weighted by Crippen LogP contribution is 2.31. The molecule has 0 bridgehead atoms. The first-order chi connectivity index (χ1) is 15.0. The molecule has 3 aromatic rings. The average Bonchev–Trinajstić information content (AvgIpc) is 2.71. The lowest BCUT2D eigenvalue weighted by molar-refractivity contribution is -0.114. The van der Waals surface area contributed by atoms with Crippen molar-refractivity contribution in [3.63, 3.8) is 0 Å². The summed E-state index contributed by atoms with van der Waals surface area (Å²) in [5, 5.41) is 3.32. The number of halogens is 1. The van der Waals surface area contributed by atoms with E-state index < -0.39 is 15.9 Å². The van der Waals surface area contributed by atoms with Gasteiger partial charge in [0.2, 0.25) is 5.91 Å². The molecule has 0 aliphatic carbocycles. The molecule has 0 aliphatic rings. The number of nitrogens with zero attached hydrogens (tertiary/aromatic N) is 1. The molecule has 0 saturated carbocycles. The van der Waals surface area contributed by atoms with Gasteiger partial charge in [-0.1, -0.05) is 53.1 Å². The number of hydrogen-bond donors (Lipinski definition) is 1. The lowest BCUT2D eigenvalue weighted by atomic mass is 10.1. The van der Waals surface area contributed by atoms with Gasteiger partial charge in [0.15, 0.2) is 0 Å². The van der Waals surface area contributed by atoms with Crippen molar-refractivity contribution >= 4 is 38.9 Å². The standard InChI is InChI=1S/C25H27ClN2O3S/c1-16-9-11-21(12-10-16)32(30,31)28(23-8-6-7-22(26)20(23)5)15-24(29)27-25-18(3)13-17(2)14-19(25)4/h6-14H,15H2,1-5H3,(H,27,29). The van der Waals surface area contributed by atoms with Crippen LogP contribution >= 0.6 is 11.6 Å². The lowest BCUT2D eigenvalue weighted by Gasteiger charge is -2.26. The zero-order valence-corrected chi connectivity index (χ0v) is 20.4. The van der Waals surface area contributed by atoms with Gasteiger partial charge in [0.1, 0.15) is 6.54 Å². The van der Waals surface area contributed by atoms with Crippen LogP contribution < -0.4 is 9.62 Å². The van der Waals surface area contributed by atoms with Crippen molar-refractivity contribution < 1.29 is 13.2 Å². The van der Waals surface area contributed by atoms with E-state index in [1.54, 1.807) is 49.4 Å². The molecule has 0 heterocycles. The van der Waals surface area contributed by atoms with Crippen molar-refractivity contribution in [1.29, 1.82) is 0 Å². The Kier molecular flexibility index (Phi) is 6.96. The van der Waals surface area contributed by atoms with Gasteiger partial charge < -0.3 is 5.32 Å². The molecule has 0 radical (unpaired) electrons. The second-order valence-corrected chi connectivity index (χ2v) is 10.3. The summed E-state index contributed by atoms with van der Waals surface area (Å²) in [5.41, 5.74) is 5.51. The molecule has 3 rings (SSSR count). The zero-order chi connectivity index (χ0) is 23.6. The fourth-order valence-corrected chi connectivity index (χ4v) is 5.34. The first kappa shape index (κ1) is 23.8. The third kappa shape index (κ3) is 4.97. The fraction of sp³-hybridized carbons (Fsp3) is 0.240. The van der Waals surface area contributed by atoms with Crippen molar-refractivity contribution in [2.24, 2.45) is 0 Å². The van der Waals surface area contributed by atoms with Gasteiger partial charge in [-0.15, -0.1) is 0 Å². The van der Waals surface area contributed by atoms with Crippen LogP contribution in [0.25, 0.3) is 0 Å². The Morgan fingerprint density at radius 2 is 1.50 bits per heavy atom. The van der Waals surface area contributed by atoms with Gasteiger partial charge >= 0.3 is 0 Å². The second-order valence-electron chi connectivity index (χ2n) is 8.03. The van der Waals surface area contributed by atoms with Crippen LogP contribution in [0.3, 0.4) is 0 Å². The highest BCUT2D eigenvalue weighted by atomic mass is 35.5. The fourth-order valence-electron chi connectivity index (χ4n) is 3.69. The number of carbonyl (C=O) groups excluding carboxylic acids is 1. The van der Waals surface area contributed by atoms with Crippen LogP contribution in [-0.2, 0) is 14.8 Å². The zero-order valence-electron chi connectivity index (χ0n) is 18.9. The summed E-state index contributed by atoms with van der Waals surface area (Å²) < 4.78 is 28.3. The van der Waals surface area contributed by atoms with E-state index in [1.165, 1.54) is 0 Å². The number of rotatable bonds is 6. The van der Waals surface area contributed by atoms with Gasteiger partial charge in [-0.3, -0.25) is 9.10 Å². The number of benzene rings is 3. The van der Waals surface area contributed by atoms with Gasteiger partial charge in [-0.05, 0) is 75.6 Å². The van der Waals surface area contributed by atoms with Crippen LogP contribution in [0, 0.1) is 34.6 Å². The molecule has 32 heavy (non-hydrogen) atoms. The SMILES string of the molecule is Cc1ccc(S(=O)(=O)N(CC(=O)Nc2c(C)cc(C)cc2C)c2cccc(Cl)c2C)cc1. The number of sulfonamides is 1. The summed E-state index contributed by atoms with van der Waals surface area (Å²) in [6.45, 7) is 9.05. The molecule has 7 heteroatoms. The molecular weight excluding hydrogens is 444 g/mol. The number of amides is 1. The number of anilines is 2. The van der Waals surface area contributed by atoms with E-state index in [0.29, 0.717) is 22.0 Å². The molecular formula is C25H27ClN2O3S. The Morgan fingerprint density at radius 3 is 2.09 bits per heavy atom. The maximum Gasteiger partial charge on any atom is 0.264 e. The van der Waals surface area contributed by atoms with Gasteiger partial charge in [0.05, 0.1) is 10.6 Å². The van der Waals surface area contributed by atoms with Crippen LogP contribution in [0.5, 0.6) is 0 Å². The molecule has 0 spiro atoms. The van der Waals surface area contributed by atoms with Crippen LogP contribution in [0.4, 0.5) is 11.4 Å². The first-order valence-electron chi connectivity index (χ1n) is 10.2. The largest absolute Gasteiger partial charge is 0.324 e. The maximum atomic E-state index is 13.6. The van der Waals surface area contributed by atoms with E-state index in [9.17, 15) is 13.2 Å². The third-order valence-corrected chi connectivity index (χ3v) is 7.53. The molecule has 0 saturated heterocycles. The molecule has 1 amide bonds. The summed E-state index contributed by atoms with van der Waals surface area (Å²) in [6.07, 6.45) is 0. The van der Waals surface area contributed by atoms with Crippen molar-refractivity contribution in [3.05, 3.63) is 87.4 Å². The molecule has 3 aromatic carbocycles. The molecule has 0 fully saturated rings. The first-order valence-corrected chi connectivity index (χ1v) is 12.0. The number of aryl methyl sites for hydroxylation is 4. The maximum absolute atomic E-state index is 13.6. The van der Waals surface area contributed by atoms with Gasteiger partial charge in [0.25, 0.3) is 10.0 Å². The van der Waals surface area contributed by atoms with Crippen LogP contribution in [0.2, 0.25) is 5.02 Å². The molecule has 1 N–H and O–H groups in total. The number of carbonyl (C=O) groups is 1. The van der Waals surface area contributed by atoms with Crippen molar-refractivity contribution in [3.8, 4) is 0 Å². The van der Waals surface area contributed by atoms with Crippen LogP contribution in [0.15, 0.2) is 59.5 Å². The van der Waals surface area contributed by atoms with Gasteiger partial charge in [-0.25, -0.2) is 8.42 Å². The summed E-state index contributed by atoms with van der Waals surface area (Å²) in [5.74, 6) is -0.435. The highest BCUT2D eigenvalue weighted by molar-refractivity contribution is 7.92. The minimum atomic E-state index is -4.01. The smallest absolute Gasteiger partial charge is 0.264 e. The summed E-state index contributed by atoms with van der Waals surface area (Å²) in [6, 6.07) is 15.5. The van der Waals surface area contributed by atoms with E-state index in [4.69, 9.17) is 11.6 Å². The topological polar surface area (TPSA) is 66.5 Å². The summed E-state index contributed by atoms with van der Waals surface area (Å²) in [7, 11) is -4.01. The Labute approximate surface area is 195 Å². The number of hydrogen-bond acceptors (Lipinski definition) is 3. The minimum Gasteiger partial charge on any atom is -0.324 e. The molecule has 0 atom stereocenters. The predicted molar refractivity (Wildman–Crippen MR) is 131 cm³/mol. The van der Waals surface area contributed by atoms with Crippen molar-refractivity contribution in [2.45, 2.75) is 39.5 Å². The van der Waals surface area contributed by atoms with Crippen LogP contribution in [0.1, 0.15) is 27.8 Å². The Hall–Kier alpha value is -2.83. The Morgan fingerprint density at radius 1 is 0.906 bits per heavy atom. The van der Waals surface area contributed by atoms with Crippen molar-refractivity contribution in [2.75, 3.05) is 16.2 Å². The minimum absolute atomic E-state index is 0.109. The number of nitrogens with one attached hydrogen (secondary N) is 1. The van der Waals surface area contributed by atoms with Gasteiger partial charge in [-0.2, -0.15) is 0 Å². The lowest BCUT2D eigenvalue weighted by Crippen LogP contribution is -2.38. The Balaban J connectivity index is 2.03. The van der Waals surface area contributed by atoms with Crippen molar-refractivity contribution in [1.82, 2.24) is 0 Å². The molecule has 0 aromatic heterocycles. The Bertz CT molecular complexity index is 1250. The molecule has 0 aliphatic heterocycles. The monoisotopic (exact) mass is 470 g/mol. The quantitative estimate of drug-likeness (QED) is 0.501. The van der Waals surface area contributed by atoms with E-state index in [2.05, 4.69) is 5.32 Å². The predicted octanol–water partition coefficient (Wildman–Crippen LogP) is 5.72. The molecule has 0 unspecified atom stereocenters. The van der Waals surface area contributed by atoms with Gasteiger partial charge in [0, 0.05) is 10.7 Å². The second kappa shape index (κ2) is 9.35. The average molecular weight is 471 g/mol. The molecule has 5 nitrogen and oxygen atoms in total. The third-order valence-electron chi connectivity index (χ3n) is 5.35. The summed E-state index contributed by atoms with van der Waals surface area (Å²) >= 11 is 6.28. The van der Waals surface area contributed by atoms with Crippen LogP contribution in [-0.4, -0.2) is 20.9 Å².